The summed E-state index contributed by atoms with van der Waals surface area (Å²) in [5.41, 5.74) is 3.92. The van der Waals surface area contributed by atoms with E-state index in [1.54, 1.807) is 0 Å². The van der Waals surface area contributed by atoms with Crippen LogP contribution in [0.5, 0.6) is 0 Å². The zero-order chi connectivity index (χ0) is 14.0. The minimum Gasteiger partial charge on any atom is -0.331 e. The minimum absolute atomic E-state index is 0.210. The van der Waals surface area contributed by atoms with Gasteiger partial charge in [-0.3, -0.25) is 0 Å². The summed E-state index contributed by atoms with van der Waals surface area (Å²) in [6, 6.07) is 6.63. The van der Waals surface area contributed by atoms with Crippen molar-refractivity contribution in [3.05, 3.63) is 29.6 Å². The van der Waals surface area contributed by atoms with E-state index in [1.165, 1.54) is 11.1 Å². The lowest BCUT2D eigenvalue weighted by atomic mass is 10.1. The van der Waals surface area contributed by atoms with Gasteiger partial charge in [0.2, 0.25) is 0 Å². The maximum absolute atomic E-state index is 4.59. The van der Waals surface area contributed by atoms with E-state index in [-0.39, 0.29) is 5.54 Å². The van der Waals surface area contributed by atoms with Gasteiger partial charge in [-0.1, -0.05) is 6.07 Å². The molecule has 0 fully saturated rings. The van der Waals surface area contributed by atoms with Crippen molar-refractivity contribution in [2.24, 2.45) is 7.05 Å². The summed E-state index contributed by atoms with van der Waals surface area (Å²) in [6.45, 7) is 9.72. The predicted octanol–water partition coefficient (Wildman–Crippen LogP) is 3.20. The quantitative estimate of drug-likeness (QED) is 0.855. The first-order valence-electron chi connectivity index (χ1n) is 7.04. The molecule has 0 bridgehead atoms. The Balaban J connectivity index is 1.98. The van der Waals surface area contributed by atoms with Gasteiger partial charge in [-0.25, -0.2) is 4.98 Å². The van der Waals surface area contributed by atoms with Crippen LogP contribution < -0.4 is 5.32 Å². The van der Waals surface area contributed by atoms with Gasteiger partial charge >= 0.3 is 0 Å². The predicted molar refractivity (Wildman–Crippen MR) is 81.5 cm³/mol. The molecule has 0 aliphatic rings. The Labute approximate surface area is 116 Å². The zero-order valence-electron chi connectivity index (χ0n) is 12.7. The smallest absolute Gasteiger partial charge is 0.106 e. The molecule has 0 radical (unpaired) electrons. The molecule has 1 aromatic carbocycles. The molecule has 0 unspecified atom stereocenters. The highest BCUT2D eigenvalue weighted by Crippen LogP contribution is 2.17. The molecule has 0 amide bonds. The number of fused-ring (bicyclic) bond motifs is 1. The Kier molecular flexibility index (Phi) is 3.95. The minimum atomic E-state index is 0.210. The molecule has 1 aromatic heterocycles. The van der Waals surface area contributed by atoms with Gasteiger partial charge in [0, 0.05) is 12.6 Å². The fourth-order valence-corrected chi connectivity index (χ4v) is 2.28. The first-order chi connectivity index (χ1) is 8.87. The van der Waals surface area contributed by atoms with Crippen LogP contribution in [-0.2, 0) is 13.5 Å². The largest absolute Gasteiger partial charge is 0.331 e. The summed E-state index contributed by atoms with van der Waals surface area (Å²) < 4.78 is 2.14. The zero-order valence-corrected chi connectivity index (χ0v) is 12.7. The van der Waals surface area contributed by atoms with E-state index in [1.807, 2.05) is 6.92 Å². The van der Waals surface area contributed by atoms with E-state index in [0.29, 0.717) is 0 Å². The third-order valence-corrected chi connectivity index (χ3v) is 3.47. The number of aromatic nitrogens is 2. The molecule has 1 N–H and O–H groups in total. The van der Waals surface area contributed by atoms with Crippen LogP contribution in [-0.4, -0.2) is 21.6 Å². The Hall–Kier alpha value is -1.35. The molecular formula is C16H25N3. The van der Waals surface area contributed by atoms with Gasteiger partial charge in [0.15, 0.2) is 0 Å². The second-order valence-electron chi connectivity index (χ2n) is 6.32. The number of hydrogen-bond acceptors (Lipinski definition) is 2. The molecular weight excluding hydrogens is 234 g/mol. The summed E-state index contributed by atoms with van der Waals surface area (Å²) in [6.07, 6.45) is 2.27. The first kappa shape index (κ1) is 14.1. The van der Waals surface area contributed by atoms with Crippen molar-refractivity contribution >= 4 is 11.0 Å². The summed E-state index contributed by atoms with van der Waals surface area (Å²) >= 11 is 0. The van der Waals surface area contributed by atoms with Crippen LogP contribution in [0.25, 0.3) is 11.0 Å². The van der Waals surface area contributed by atoms with E-state index in [2.05, 4.69) is 60.9 Å². The van der Waals surface area contributed by atoms with Crippen molar-refractivity contribution in [1.29, 1.82) is 0 Å². The highest BCUT2D eigenvalue weighted by molar-refractivity contribution is 5.76. The average molecular weight is 259 g/mol. The Bertz CT molecular complexity index is 561. The molecule has 104 valence electrons. The Morgan fingerprint density at radius 2 is 2.00 bits per heavy atom. The fourth-order valence-electron chi connectivity index (χ4n) is 2.28. The van der Waals surface area contributed by atoms with Crippen LogP contribution in [0, 0.1) is 6.92 Å². The molecule has 2 rings (SSSR count). The number of benzene rings is 1. The lowest BCUT2D eigenvalue weighted by Crippen LogP contribution is -2.36. The number of aryl methyl sites for hydroxylation is 3. The third-order valence-electron chi connectivity index (χ3n) is 3.47. The lowest BCUT2D eigenvalue weighted by Gasteiger charge is -2.20. The van der Waals surface area contributed by atoms with Gasteiger partial charge in [-0.05, 0) is 64.8 Å². The van der Waals surface area contributed by atoms with E-state index >= 15 is 0 Å². The Morgan fingerprint density at radius 3 is 2.68 bits per heavy atom. The van der Waals surface area contributed by atoms with Gasteiger partial charge in [0.05, 0.1) is 11.0 Å². The highest BCUT2D eigenvalue weighted by atomic mass is 15.0. The molecule has 0 atom stereocenters. The van der Waals surface area contributed by atoms with Gasteiger partial charge in [-0.15, -0.1) is 0 Å². The van der Waals surface area contributed by atoms with Crippen molar-refractivity contribution in [1.82, 2.24) is 14.9 Å². The Morgan fingerprint density at radius 1 is 1.26 bits per heavy atom. The van der Waals surface area contributed by atoms with Crippen LogP contribution in [0.1, 0.15) is 38.6 Å². The van der Waals surface area contributed by atoms with Crippen LogP contribution in [0.4, 0.5) is 0 Å². The molecule has 0 aliphatic carbocycles. The van der Waals surface area contributed by atoms with Crippen LogP contribution >= 0.6 is 0 Å². The van der Waals surface area contributed by atoms with Gasteiger partial charge in [0.25, 0.3) is 0 Å². The second-order valence-corrected chi connectivity index (χ2v) is 6.32. The van der Waals surface area contributed by atoms with Crippen molar-refractivity contribution in [2.45, 2.75) is 46.1 Å². The van der Waals surface area contributed by atoms with Gasteiger partial charge in [0.1, 0.15) is 5.82 Å². The van der Waals surface area contributed by atoms with E-state index < -0.39 is 0 Å². The SMILES string of the molecule is Cc1nc2cc(CCCNC(C)(C)C)ccc2n1C. The summed E-state index contributed by atoms with van der Waals surface area (Å²) in [5, 5.41) is 3.52. The topological polar surface area (TPSA) is 29.9 Å². The van der Waals surface area contributed by atoms with Crippen molar-refractivity contribution in [3.63, 3.8) is 0 Å². The normalized spacial score (nSPS) is 12.3. The molecule has 1 heterocycles. The maximum Gasteiger partial charge on any atom is 0.106 e. The molecule has 3 heteroatoms. The summed E-state index contributed by atoms with van der Waals surface area (Å²) in [7, 11) is 2.07. The van der Waals surface area contributed by atoms with Crippen molar-refractivity contribution in [2.75, 3.05) is 6.54 Å². The molecule has 0 spiro atoms. The first-order valence-corrected chi connectivity index (χ1v) is 7.04. The van der Waals surface area contributed by atoms with Crippen LogP contribution in [0.3, 0.4) is 0 Å². The second kappa shape index (κ2) is 5.33. The molecule has 3 nitrogen and oxygen atoms in total. The monoisotopic (exact) mass is 259 g/mol. The third kappa shape index (κ3) is 3.57. The van der Waals surface area contributed by atoms with Gasteiger partial charge in [-0.2, -0.15) is 0 Å². The highest BCUT2D eigenvalue weighted by Gasteiger charge is 2.08. The number of imidazole rings is 1. The molecule has 0 saturated carbocycles. The van der Waals surface area contributed by atoms with Gasteiger partial charge < -0.3 is 9.88 Å². The summed E-state index contributed by atoms with van der Waals surface area (Å²) in [4.78, 5) is 4.59. The molecule has 0 aliphatic heterocycles. The van der Waals surface area contributed by atoms with E-state index in [0.717, 1.165) is 30.7 Å². The van der Waals surface area contributed by atoms with Crippen molar-refractivity contribution in [3.8, 4) is 0 Å². The molecule has 0 saturated heterocycles. The van der Waals surface area contributed by atoms with E-state index in [9.17, 15) is 0 Å². The van der Waals surface area contributed by atoms with Crippen molar-refractivity contribution < 1.29 is 0 Å². The maximum atomic E-state index is 4.59. The standard InChI is InChI=1S/C16H25N3/c1-12-18-14-11-13(8-9-15(14)19(12)5)7-6-10-17-16(2,3)4/h8-9,11,17H,6-7,10H2,1-5H3. The molecule has 2 aromatic rings. The van der Waals surface area contributed by atoms with E-state index in [4.69, 9.17) is 0 Å². The number of rotatable bonds is 4. The summed E-state index contributed by atoms with van der Waals surface area (Å²) in [5.74, 6) is 1.07. The molecule has 19 heavy (non-hydrogen) atoms. The number of nitrogens with zero attached hydrogens (tertiary/aromatic N) is 2. The number of nitrogens with one attached hydrogen (secondary N) is 1. The van der Waals surface area contributed by atoms with Crippen LogP contribution in [0.2, 0.25) is 0 Å². The fraction of sp³-hybridized carbons (Fsp3) is 0.562. The van der Waals surface area contributed by atoms with Crippen LogP contribution in [0.15, 0.2) is 18.2 Å². The average Bonchev–Trinajstić information content (AvgIpc) is 2.59. The lowest BCUT2D eigenvalue weighted by molar-refractivity contribution is 0.422. The number of hydrogen-bond donors (Lipinski definition) is 1.